The van der Waals surface area contributed by atoms with Crippen molar-refractivity contribution in [3.05, 3.63) is 0 Å². The Balaban J connectivity index is 2.65. The zero-order valence-corrected chi connectivity index (χ0v) is 4.79. The van der Waals surface area contributed by atoms with Crippen molar-refractivity contribution in [2.75, 3.05) is 0 Å². The third-order valence-corrected chi connectivity index (χ3v) is 1.06. The molecule has 0 radical (unpaired) electrons. The van der Waals surface area contributed by atoms with E-state index < -0.39 is 40.2 Å². The van der Waals surface area contributed by atoms with E-state index >= 15 is 0 Å². The van der Waals surface area contributed by atoms with Gasteiger partial charge in [-0.1, -0.05) is 0 Å². The summed E-state index contributed by atoms with van der Waals surface area (Å²) in [4.78, 5) is 0. The van der Waals surface area contributed by atoms with Gasteiger partial charge >= 0.3 is 48.5 Å². The van der Waals surface area contributed by atoms with Crippen LogP contribution in [0.15, 0.2) is 0 Å². The number of hydrogen-bond acceptors (Lipinski definition) is 3. The molecule has 0 bridgehead atoms. The molecule has 0 saturated carbocycles. The molecule has 0 aliphatic heterocycles. The van der Waals surface area contributed by atoms with Gasteiger partial charge in [-0.15, -0.1) is 0 Å². The van der Waals surface area contributed by atoms with Gasteiger partial charge in [0.25, 0.3) is 0 Å². The predicted octanol–water partition coefficient (Wildman–Crippen LogP) is -0.311. The van der Waals surface area contributed by atoms with Gasteiger partial charge in [0.1, 0.15) is 0 Å². The third kappa shape index (κ3) is 5.04. The molecular weight excluding hydrogens is 264 g/mol. The van der Waals surface area contributed by atoms with Crippen molar-refractivity contribution in [3.63, 3.8) is 0 Å². The van der Waals surface area contributed by atoms with E-state index in [0.717, 1.165) is 0 Å². The van der Waals surface area contributed by atoms with Gasteiger partial charge < -0.3 is 0 Å². The van der Waals surface area contributed by atoms with E-state index in [-0.39, 0.29) is 0 Å². The first-order valence-electron chi connectivity index (χ1n) is 0.492. The molecule has 0 saturated heterocycles. The molecule has 40 valence electrons. The Morgan fingerprint density at radius 1 is 1.20 bits per heavy atom. The summed E-state index contributed by atoms with van der Waals surface area (Å²) >= 11 is -1.81. The zero-order valence-electron chi connectivity index (χ0n) is 1.83. The van der Waals surface area contributed by atoms with Crippen molar-refractivity contribution >= 4 is 0 Å². The number of hydrogen-bond donors (Lipinski definition) is 0. The van der Waals surface area contributed by atoms with Crippen LogP contribution in [0.4, 0.5) is 0 Å². The Morgan fingerprint density at radius 3 is 1.60 bits per heavy atom. The molecule has 5 heavy (non-hydrogen) atoms. The minimum absolute atomic E-state index is 0.906. The van der Waals surface area contributed by atoms with E-state index in [9.17, 15) is 0 Å². The first-order chi connectivity index (χ1) is 2.41. The molecule has 0 N–H and O–H groups in total. The average Bonchev–Trinajstić information content (AvgIpc) is 1.41. The van der Waals surface area contributed by atoms with E-state index in [1.54, 1.807) is 0 Å². The molecule has 0 aliphatic carbocycles. The van der Waals surface area contributed by atoms with Crippen molar-refractivity contribution in [1.29, 1.82) is 0 Å². The van der Waals surface area contributed by atoms with Gasteiger partial charge in [-0.3, -0.25) is 0 Å². The Bertz CT molecular complexity index is 34.2. The fraction of sp³-hybridized carbons (Fsp3) is 0. The summed E-state index contributed by atoms with van der Waals surface area (Å²) in [5.74, 6) is 0. The second-order valence-corrected chi connectivity index (χ2v) is 1.89. The standard InChI is InChI=1S/2Ag.3O. The minimum atomic E-state index is -0.906. The summed E-state index contributed by atoms with van der Waals surface area (Å²) in [7, 11) is 0. The quantitative estimate of drug-likeness (QED) is 0.642. The molecule has 5 heteroatoms. The van der Waals surface area contributed by atoms with Crippen molar-refractivity contribution in [3.8, 4) is 0 Å². The Hall–Kier alpha value is 1.04. The van der Waals surface area contributed by atoms with Gasteiger partial charge in [0.15, 0.2) is 0 Å². The van der Waals surface area contributed by atoms with Gasteiger partial charge in [-0.25, -0.2) is 0 Å². The van der Waals surface area contributed by atoms with Crippen LogP contribution in [-0.4, -0.2) is 0 Å². The fourth-order valence-electron chi connectivity index (χ4n) is 0.00619. The molecule has 0 rings (SSSR count). The predicted molar refractivity (Wildman–Crippen MR) is 2.46 cm³/mol. The molecule has 0 unspecified atom stereocenters. The second kappa shape index (κ2) is 5.04. The SMILES string of the molecule is [O]=[Ag][O][Ag]=[O]. The zero-order chi connectivity index (χ0) is 4.12. The topological polar surface area (TPSA) is 43.4 Å². The van der Waals surface area contributed by atoms with Crippen molar-refractivity contribution in [2.24, 2.45) is 0 Å². The van der Waals surface area contributed by atoms with Gasteiger partial charge in [0.2, 0.25) is 0 Å². The molecule has 0 aromatic heterocycles. The summed E-state index contributed by atoms with van der Waals surface area (Å²) in [6.07, 6.45) is 0. The Morgan fingerprint density at radius 2 is 1.60 bits per heavy atom. The summed E-state index contributed by atoms with van der Waals surface area (Å²) in [5, 5.41) is 0. The maximum absolute atomic E-state index is 9.15. The van der Waals surface area contributed by atoms with Crippen LogP contribution in [0.25, 0.3) is 0 Å². The van der Waals surface area contributed by atoms with Crippen LogP contribution in [0.2, 0.25) is 0 Å². The van der Waals surface area contributed by atoms with Gasteiger partial charge in [0, 0.05) is 0 Å². The maximum atomic E-state index is 9.15. The molecule has 0 amide bonds. The van der Waals surface area contributed by atoms with Crippen molar-refractivity contribution in [1.82, 2.24) is 0 Å². The second-order valence-electron chi connectivity index (χ2n) is 0.138. The molecule has 3 nitrogen and oxygen atoms in total. The molecule has 0 heterocycles. The van der Waals surface area contributed by atoms with E-state index in [0.29, 0.717) is 0 Å². The number of rotatable bonds is 2. The summed E-state index contributed by atoms with van der Waals surface area (Å²) < 4.78 is 22.1. The van der Waals surface area contributed by atoms with E-state index in [4.69, 9.17) is 6.50 Å². The molecule has 0 aromatic rings. The van der Waals surface area contributed by atoms with Crippen LogP contribution in [0.1, 0.15) is 0 Å². The Kier molecular flexibility index (Phi) is 6.09. The van der Waals surface area contributed by atoms with Gasteiger partial charge in [-0.05, 0) is 0 Å². The van der Waals surface area contributed by atoms with E-state index in [2.05, 4.69) is 1.75 Å². The van der Waals surface area contributed by atoms with Crippen LogP contribution in [0.3, 0.4) is 0 Å². The normalized spacial score (nSPS) is 9.60. The first-order valence-corrected chi connectivity index (χ1v) is 2.91. The monoisotopic (exact) mass is 262 g/mol. The molecular formula is Ag2O3. The first kappa shape index (κ1) is 6.04. The van der Waals surface area contributed by atoms with Crippen LogP contribution >= 0.6 is 0 Å². The van der Waals surface area contributed by atoms with Gasteiger partial charge in [-0.2, -0.15) is 0 Å². The summed E-state index contributed by atoms with van der Waals surface area (Å²) in [5.41, 5.74) is 0. The van der Waals surface area contributed by atoms with Gasteiger partial charge in [0.05, 0.1) is 0 Å². The van der Waals surface area contributed by atoms with Crippen LogP contribution in [-0.2, 0) is 48.5 Å². The average molecular weight is 264 g/mol. The Labute approximate surface area is 48.4 Å². The molecule has 0 spiro atoms. The summed E-state index contributed by atoms with van der Waals surface area (Å²) in [6, 6.07) is 0. The molecule has 0 fully saturated rings. The molecule has 0 atom stereocenters. The fourth-order valence-corrected chi connectivity index (χ4v) is 0.216. The van der Waals surface area contributed by atoms with Crippen molar-refractivity contribution in [2.45, 2.75) is 0 Å². The molecule has 0 aromatic carbocycles. The van der Waals surface area contributed by atoms with Crippen LogP contribution < -0.4 is 0 Å². The van der Waals surface area contributed by atoms with Crippen molar-refractivity contribution < 1.29 is 48.5 Å². The summed E-state index contributed by atoms with van der Waals surface area (Å²) in [6.45, 7) is 0. The van der Waals surface area contributed by atoms with Crippen LogP contribution in [0.5, 0.6) is 0 Å². The van der Waals surface area contributed by atoms with Crippen LogP contribution in [0, 0.1) is 0 Å². The third-order valence-electron chi connectivity index (χ3n) is 0.0303. The van der Waals surface area contributed by atoms with E-state index in [1.165, 1.54) is 0 Å². The van der Waals surface area contributed by atoms with E-state index in [1.807, 2.05) is 0 Å². The molecule has 0 aliphatic rings.